The summed E-state index contributed by atoms with van der Waals surface area (Å²) in [5.74, 6) is -0.669. The molecule has 154 valence electrons. The third-order valence-electron chi connectivity index (χ3n) is 6.43. The lowest BCUT2D eigenvalue weighted by Gasteiger charge is -2.39. The number of aliphatic carboxylic acids is 1. The van der Waals surface area contributed by atoms with Gasteiger partial charge in [-0.15, -0.1) is 0 Å². The molecule has 2 saturated heterocycles. The number of amides is 1. The average Bonchev–Trinajstić information content (AvgIpc) is 3.18. The van der Waals surface area contributed by atoms with Crippen LogP contribution in [0.2, 0.25) is 0 Å². The number of benzene rings is 1. The molecule has 2 aliphatic rings. The predicted octanol–water partition coefficient (Wildman–Crippen LogP) is 3.76. The van der Waals surface area contributed by atoms with Crippen LogP contribution in [0.15, 0.2) is 30.3 Å². The van der Waals surface area contributed by atoms with Gasteiger partial charge >= 0.3 is 5.97 Å². The quantitative estimate of drug-likeness (QED) is 0.773. The molecule has 0 aliphatic carbocycles. The van der Waals surface area contributed by atoms with Gasteiger partial charge in [-0.25, -0.2) is 0 Å². The van der Waals surface area contributed by atoms with E-state index >= 15 is 0 Å². The number of carbonyl (C=O) groups excluding carboxylic acids is 1. The Kier molecular flexibility index (Phi) is 6.76. The lowest BCUT2D eigenvalue weighted by Crippen LogP contribution is -2.47. The summed E-state index contributed by atoms with van der Waals surface area (Å²) in [4.78, 5) is 26.5. The number of aryl methyl sites for hydroxylation is 1. The van der Waals surface area contributed by atoms with E-state index in [0.717, 1.165) is 32.1 Å². The van der Waals surface area contributed by atoms with Crippen LogP contribution in [0.25, 0.3) is 0 Å². The van der Waals surface area contributed by atoms with Gasteiger partial charge in [-0.1, -0.05) is 44.2 Å². The van der Waals surface area contributed by atoms with Gasteiger partial charge < -0.3 is 14.7 Å². The minimum Gasteiger partial charge on any atom is -0.481 e. The highest BCUT2D eigenvalue weighted by Crippen LogP contribution is 2.35. The molecule has 1 aromatic rings. The average molecular weight is 388 g/mol. The molecule has 0 aromatic heterocycles. The molecule has 1 aromatic carbocycles. The summed E-state index contributed by atoms with van der Waals surface area (Å²) in [5, 5.41) is 9.38. The van der Waals surface area contributed by atoms with Crippen molar-refractivity contribution in [3.63, 3.8) is 0 Å². The van der Waals surface area contributed by atoms with Crippen LogP contribution in [0.5, 0.6) is 0 Å². The van der Waals surface area contributed by atoms with Crippen molar-refractivity contribution in [3.8, 4) is 0 Å². The molecular formula is C23H33NO4. The van der Waals surface area contributed by atoms with E-state index in [1.54, 1.807) is 0 Å². The molecule has 2 atom stereocenters. The highest BCUT2D eigenvalue weighted by molar-refractivity contribution is 5.82. The molecule has 1 N–H and O–H groups in total. The zero-order valence-corrected chi connectivity index (χ0v) is 17.1. The maximum atomic E-state index is 13.1. The fraction of sp³-hybridized carbons (Fsp3) is 0.652. The van der Waals surface area contributed by atoms with Gasteiger partial charge in [0.1, 0.15) is 0 Å². The van der Waals surface area contributed by atoms with E-state index in [1.807, 2.05) is 24.8 Å². The summed E-state index contributed by atoms with van der Waals surface area (Å²) in [5.41, 5.74) is 0.950. The Hall–Kier alpha value is -1.88. The lowest BCUT2D eigenvalue weighted by molar-refractivity contribution is -0.147. The first-order chi connectivity index (χ1) is 13.4. The lowest BCUT2D eigenvalue weighted by atomic mass is 9.81. The number of piperidine rings is 1. The first-order valence-electron chi connectivity index (χ1n) is 10.6. The van der Waals surface area contributed by atoms with Crippen molar-refractivity contribution in [3.05, 3.63) is 35.9 Å². The number of carboxylic acid groups (broad SMARTS) is 1. The van der Waals surface area contributed by atoms with Crippen molar-refractivity contribution >= 4 is 11.9 Å². The predicted molar refractivity (Wildman–Crippen MR) is 108 cm³/mol. The van der Waals surface area contributed by atoms with E-state index in [4.69, 9.17) is 4.74 Å². The first kappa shape index (κ1) is 20.8. The molecule has 5 nitrogen and oxygen atoms in total. The summed E-state index contributed by atoms with van der Waals surface area (Å²) in [7, 11) is 0. The van der Waals surface area contributed by atoms with Gasteiger partial charge in [-0.05, 0) is 50.0 Å². The minimum absolute atomic E-state index is 0.186. The maximum absolute atomic E-state index is 13.1. The number of carbonyl (C=O) groups is 2. The van der Waals surface area contributed by atoms with Crippen LogP contribution in [0.1, 0.15) is 51.5 Å². The number of rotatable bonds is 7. The van der Waals surface area contributed by atoms with Crippen LogP contribution < -0.4 is 0 Å². The normalized spacial score (nSPS) is 23.7. The highest BCUT2D eigenvalue weighted by Gasteiger charge is 2.42. The Bertz CT molecular complexity index is 664. The summed E-state index contributed by atoms with van der Waals surface area (Å²) in [6.45, 7) is 6.05. The van der Waals surface area contributed by atoms with E-state index < -0.39 is 5.97 Å². The SMILES string of the molecule is CC(C)(CCCc1ccccc1)C(=O)N1CCC([C@@H]2OCCC2C(=O)O)CC1. The molecule has 2 heterocycles. The van der Waals surface area contributed by atoms with Crippen molar-refractivity contribution in [2.75, 3.05) is 19.7 Å². The number of hydrogen-bond donors (Lipinski definition) is 1. The zero-order valence-electron chi connectivity index (χ0n) is 17.1. The van der Waals surface area contributed by atoms with Gasteiger partial charge in [0.15, 0.2) is 0 Å². The Labute approximate surface area is 168 Å². The maximum Gasteiger partial charge on any atom is 0.309 e. The van der Waals surface area contributed by atoms with Crippen LogP contribution in [0.3, 0.4) is 0 Å². The minimum atomic E-state index is -0.749. The topological polar surface area (TPSA) is 66.8 Å². The van der Waals surface area contributed by atoms with Crippen molar-refractivity contribution in [2.24, 2.45) is 17.3 Å². The fourth-order valence-electron chi connectivity index (χ4n) is 4.69. The molecule has 3 rings (SSSR count). The molecule has 2 fully saturated rings. The summed E-state index contributed by atoms with van der Waals surface area (Å²) in [6, 6.07) is 10.4. The van der Waals surface area contributed by atoms with Crippen molar-refractivity contribution in [2.45, 2.75) is 58.5 Å². The largest absolute Gasteiger partial charge is 0.481 e. The second kappa shape index (κ2) is 9.08. The Morgan fingerprint density at radius 2 is 1.82 bits per heavy atom. The Morgan fingerprint density at radius 1 is 1.14 bits per heavy atom. The smallest absolute Gasteiger partial charge is 0.309 e. The van der Waals surface area contributed by atoms with Crippen LogP contribution >= 0.6 is 0 Å². The molecule has 1 unspecified atom stereocenters. The number of likely N-dealkylation sites (tertiary alicyclic amines) is 1. The standard InChI is InChI=1S/C23H33NO4/c1-23(2,13-6-9-17-7-4-3-5-8-17)22(27)24-14-10-18(11-15-24)20-19(21(25)26)12-16-28-20/h3-5,7-8,18-20H,6,9-16H2,1-2H3,(H,25,26)/t19?,20-/m0/s1. The Balaban J connectivity index is 1.47. The van der Waals surface area contributed by atoms with Crippen molar-refractivity contribution < 1.29 is 19.4 Å². The number of nitrogens with zero attached hydrogens (tertiary/aromatic N) is 1. The van der Waals surface area contributed by atoms with Crippen molar-refractivity contribution in [1.82, 2.24) is 4.90 Å². The van der Waals surface area contributed by atoms with Gasteiger partial charge in [0, 0.05) is 25.1 Å². The van der Waals surface area contributed by atoms with Crippen LogP contribution in [-0.4, -0.2) is 47.7 Å². The summed E-state index contributed by atoms with van der Waals surface area (Å²) >= 11 is 0. The van der Waals surface area contributed by atoms with Crippen LogP contribution in [0.4, 0.5) is 0 Å². The zero-order chi connectivity index (χ0) is 20.1. The summed E-state index contributed by atoms with van der Waals surface area (Å²) in [6.07, 6.45) is 4.94. The van der Waals surface area contributed by atoms with E-state index in [0.29, 0.717) is 26.1 Å². The Morgan fingerprint density at radius 3 is 2.46 bits per heavy atom. The second-order valence-electron chi connectivity index (χ2n) is 8.92. The van der Waals surface area contributed by atoms with Gasteiger partial charge in [-0.2, -0.15) is 0 Å². The van der Waals surface area contributed by atoms with Gasteiger partial charge in [0.05, 0.1) is 12.0 Å². The van der Waals surface area contributed by atoms with Gasteiger partial charge in [-0.3, -0.25) is 9.59 Å². The fourth-order valence-corrected chi connectivity index (χ4v) is 4.69. The van der Waals surface area contributed by atoms with Crippen LogP contribution in [-0.2, 0) is 20.7 Å². The van der Waals surface area contributed by atoms with Gasteiger partial charge in [0.2, 0.25) is 5.91 Å². The summed E-state index contributed by atoms with van der Waals surface area (Å²) < 4.78 is 5.74. The first-order valence-corrected chi connectivity index (χ1v) is 10.6. The van der Waals surface area contributed by atoms with E-state index in [1.165, 1.54) is 5.56 Å². The molecule has 28 heavy (non-hydrogen) atoms. The van der Waals surface area contributed by atoms with Crippen LogP contribution in [0, 0.1) is 17.3 Å². The molecule has 0 bridgehead atoms. The van der Waals surface area contributed by atoms with E-state index in [2.05, 4.69) is 24.3 Å². The molecule has 0 radical (unpaired) electrons. The van der Waals surface area contributed by atoms with E-state index in [9.17, 15) is 14.7 Å². The van der Waals surface area contributed by atoms with Crippen molar-refractivity contribution in [1.29, 1.82) is 0 Å². The molecule has 2 aliphatic heterocycles. The third-order valence-corrected chi connectivity index (χ3v) is 6.43. The number of hydrogen-bond acceptors (Lipinski definition) is 3. The molecule has 0 saturated carbocycles. The molecule has 1 amide bonds. The van der Waals surface area contributed by atoms with E-state index in [-0.39, 0.29) is 29.3 Å². The highest BCUT2D eigenvalue weighted by atomic mass is 16.5. The molecular weight excluding hydrogens is 354 g/mol. The molecule has 0 spiro atoms. The molecule has 5 heteroatoms. The number of ether oxygens (including phenoxy) is 1. The number of carboxylic acids is 1. The second-order valence-corrected chi connectivity index (χ2v) is 8.92. The monoisotopic (exact) mass is 387 g/mol. The third kappa shape index (κ3) is 4.93. The van der Waals surface area contributed by atoms with Gasteiger partial charge in [0.25, 0.3) is 0 Å².